The van der Waals surface area contributed by atoms with Crippen molar-refractivity contribution in [3.05, 3.63) is 23.7 Å². The molecule has 2 unspecified atom stereocenters. The highest BCUT2D eigenvalue weighted by atomic mass is 16.3. The monoisotopic (exact) mass is 233 g/mol. The Bertz CT molecular complexity index is 365. The third kappa shape index (κ3) is 2.28. The van der Waals surface area contributed by atoms with Crippen molar-refractivity contribution in [2.45, 2.75) is 64.0 Å². The van der Waals surface area contributed by atoms with Gasteiger partial charge in [0.2, 0.25) is 0 Å². The fourth-order valence-corrected chi connectivity index (χ4v) is 3.57. The minimum Gasteiger partial charge on any atom is -0.469 e. The van der Waals surface area contributed by atoms with Gasteiger partial charge in [-0.2, -0.15) is 0 Å². The fourth-order valence-electron chi connectivity index (χ4n) is 3.57. The predicted molar refractivity (Wildman–Crippen MR) is 68.9 cm³/mol. The summed E-state index contributed by atoms with van der Waals surface area (Å²) in [5.74, 6) is 2.11. The Morgan fingerprint density at radius 3 is 2.88 bits per heavy atom. The normalized spacial score (nSPS) is 27.0. The first-order chi connectivity index (χ1) is 8.34. The van der Waals surface area contributed by atoms with Crippen LogP contribution < -0.4 is 5.32 Å². The van der Waals surface area contributed by atoms with Crippen molar-refractivity contribution in [3.63, 3.8) is 0 Å². The van der Waals surface area contributed by atoms with E-state index in [4.69, 9.17) is 4.42 Å². The molecule has 2 heteroatoms. The second-order valence-corrected chi connectivity index (χ2v) is 5.74. The Balaban J connectivity index is 1.66. The van der Waals surface area contributed by atoms with Crippen LogP contribution in [0.2, 0.25) is 0 Å². The Hall–Kier alpha value is -0.760. The summed E-state index contributed by atoms with van der Waals surface area (Å²) in [5.41, 5.74) is 1.42. The van der Waals surface area contributed by atoms with Gasteiger partial charge in [0.25, 0.3) is 0 Å². The maximum atomic E-state index is 5.55. The second kappa shape index (κ2) is 4.85. The first kappa shape index (κ1) is 11.3. The van der Waals surface area contributed by atoms with Crippen molar-refractivity contribution in [3.8, 4) is 0 Å². The number of hydrogen-bond acceptors (Lipinski definition) is 2. The molecule has 0 spiro atoms. The van der Waals surface area contributed by atoms with E-state index in [1.54, 1.807) is 0 Å². The third-order valence-electron chi connectivity index (χ3n) is 4.62. The number of fused-ring (bicyclic) bond motifs is 1. The zero-order valence-electron chi connectivity index (χ0n) is 10.7. The zero-order valence-corrected chi connectivity index (χ0v) is 10.7. The van der Waals surface area contributed by atoms with Gasteiger partial charge in [0.15, 0.2) is 0 Å². The van der Waals surface area contributed by atoms with Gasteiger partial charge >= 0.3 is 0 Å². The van der Waals surface area contributed by atoms with Crippen molar-refractivity contribution in [2.24, 2.45) is 5.92 Å². The minimum atomic E-state index is 0.535. The third-order valence-corrected chi connectivity index (χ3v) is 4.62. The zero-order chi connectivity index (χ0) is 11.7. The summed E-state index contributed by atoms with van der Waals surface area (Å²) in [7, 11) is 0. The largest absolute Gasteiger partial charge is 0.469 e. The molecule has 1 fully saturated rings. The number of aryl methyl sites for hydroxylation is 1. The van der Waals surface area contributed by atoms with Crippen LogP contribution in [0.5, 0.6) is 0 Å². The van der Waals surface area contributed by atoms with Gasteiger partial charge in [-0.1, -0.05) is 12.8 Å². The standard InChI is InChI=1S/C15H23NO/c1-11(12-5-2-3-6-12)16-14-7-4-8-15-13(14)9-10-17-15/h9-12,14,16H,2-8H2,1H3. The molecule has 1 aromatic rings. The summed E-state index contributed by atoms with van der Waals surface area (Å²) >= 11 is 0. The van der Waals surface area contributed by atoms with E-state index in [1.165, 1.54) is 49.8 Å². The van der Waals surface area contributed by atoms with E-state index < -0.39 is 0 Å². The van der Waals surface area contributed by atoms with Crippen molar-refractivity contribution >= 4 is 0 Å². The lowest BCUT2D eigenvalue weighted by Crippen LogP contribution is -2.36. The summed E-state index contributed by atoms with van der Waals surface area (Å²) in [6, 6.07) is 3.35. The lowest BCUT2D eigenvalue weighted by atomic mass is 9.91. The molecule has 0 bridgehead atoms. The van der Waals surface area contributed by atoms with E-state index >= 15 is 0 Å². The van der Waals surface area contributed by atoms with Crippen LogP contribution in [0.3, 0.4) is 0 Å². The lowest BCUT2D eigenvalue weighted by Gasteiger charge is -2.29. The number of hydrogen-bond donors (Lipinski definition) is 1. The highest BCUT2D eigenvalue weighted by Gasteiger charge is 2.27. The second-order valence-electron chi connectivity index (χ2n) is 5.74. The van der Waals surface area contributed by atoms with Crippen LogP contribution in [-0.2, 0) is 6.42 Å². The Morgan fingerprint density at radius 1 is 1.24 bits per heavy atom. The van der Waals surface area contributed by atoms with E-state index in [1.807, 2.05) is 6.26 Å². The molecule has 0 aromatic carbocycles. The Labute approximate surface area is 104 Å². The van der Waals surface area contributed by atoms with Crippen LogP contribution in [0.1, 0.15) is 62.8 Å². The fraction of sp³-hybridized carbons (Fsp3) is 0.733. The minimum absolute atomic E-state index is 0.535. The van der Waals surface area contributed by atoms with E-state index in [0.29, 0.717) is 12.1 Å². The van der Waals surface area contributed by atoms with Gasteiger partial charge in [-0.3, -0.25) is 0 Å². The summed E-state index contributed by atoms with van der Waals surface area (Å²) in [6.45, 7) is 2.37. The number of nitrogens with one attached hydrogen (secondary N) is 1. The van der Waals surface area contributed by atoms with Gasteiger partial charge in [-0.25, -0.2) is 0 Å². The summed E-state index contributed by atoms with van der Waals surface area (Å²) < 4.78 is 5.55. The molecule has 0 saturated heterocycles. The Morgan fingerprint density at radius 2 is 2.06 bits per heavy atom. The van der Waals surface area contributed by atoms with Gasteiger partial charge in [0, 0.05) is 24.1 Å². The van der Waals surface area contributed by atoms with E-state index in [-0.39, 0.29) is 0 Å². The summed E-state index contributed by atoms with van der Waals surface area (Å²) in [5, 5.41) is 3.84. The summed E-state index contributed by atoms with van der Waals surface area (Å²) in [4.78, 5) is 0. The van der Waals surface area contributed by atoms with Crippen LogP contribution in [-0.4, -0.2) is 6.04 Å². The van der Waals surface area contributed by atoms with Crippen LogP contribution in [0.25, 0.3) is 0 Å². The average molecular weight is 233 g/mol. The molecule has 1 N–H and O–H groups in total. The summed E-state index contributed by atoms with van der Waals surface area (Å²) in [6.07, 6.45) is 11.2. The maximum absolute atomic E-state index is 5.55. The lowest BCUT2D eigenvalue weighted by molar-refractivity contribution is 0.317. The first-order valence-electron chi connectivity index (χ1n) is 7.17. The van der Waals surface area contributed by atoms with Crippen molar-refractivity contribution in [1.29, 1.82) is 0 Å². The first-order valence-corrected chi connectivity index (χ1v) is 7.17. The highest BCUT2D eigenvalue weighted by Crippen LogP contribution is 2.33. The molecule has 1 heterocycles. The van der Waals surface area contributed by atoms with Crippen LogP contribution >= 0.6 is 0 Å². The van der Waals surface area contributed by atoms with E-state index in [2.05, 4.69) is 18.3 Å². The molecule has 94 valence electrons. The number of rotatable bonds is 3. The van der Waals surface area contributed by atoms with Gasteiger partial charge in [0.1, 0.15) is 5.76 Å². The molecule has 1 aromatic heterocycles. The molecule has 3 rings (SSSR count). The molecule has 0 radical (unpaired) electrons. The van der Waals surface area contributed by atoms with Gasteiger partial charge in [-0.05, 0) is 44.6 Å². The van der Waals surface area contributed by atoms with Crippen LogP contribution in [0.15, 0.2) is 16.7 Å². The van der Waals surface area contributed by atoms with E-state index in [9.17, 15) is 0 Å². The highest BCUT2D eigenvalue weighted by molar-refractivity contribution is 5.24. The molecule has 1 saturated carbocycles. The van der Waals surface area contributed by atoms with Gasteiger partial charge in [0.05, 0.1) is 6.26 Å². The van der Waals surface area contributed by atoms with Crippen molar-refractivity contribution in [1.82, 2.24) is 5.32 Å². The SMILES string of the molecule is CC(NC1CCCc2occc21)C1CCCC1. The Kier molecular flexibility index (Phi) is 3.24. The number of furan rings is 1. The molecule has 2 nitrogen and oxygen atoms in total. The average Bonchev–Trinajstić information content (AvgIpc) is 3.00. The molecular formula is C15H23NO. The molecule has 2 aliphatic carbocycles. The molecule has 17 heavy (non-hydrogen) atoms. The van der Waals surface area contributed by atoms with Gasteiger partial charge < -0.3 is 9.73 Å². The van der Waals surface area contributed by atoms with Gasteiger partial charge in [-0.15, -0.1) is 0 Å². The van der Waals surface area contributed by atoms with Crippen LogP contribution in [0, 0.1) is 5.92 Å². The van der Waals surface area contributed by atoms with Crippen molar-refractivity contribution < 1.29 is 4.42 Å². The predicted octanol–water partition coefficient (Wildman–Crippen LogP) is 3.83. The smallest absolute Gasteiger partial charge is 0.108 e. The quantitative estimate of drug-likeness (QED) is 0.858. The molecule has 0 amide bonds. The molecule has 0 aliphatic heterocycles. The topological polar surface area (TPSA) is 25.2 Å². The van der Waals surface area contributed by atoms with Crippen LogP contribution in [0.4, 0.5) is 0 Å². The maximum Gasteiger partial charge on any atom is 0.108 e. The molecule has 2 aliphatic rings. The molecular weight excluding hydrogens is 210 g/mol. The molecule has 2 atom stereocenters. The van der Waals surface area contributed by atoms with Crippen molar-refractivity contribution in [2.75, 3.05) is 0 Å². The van der Waals surface area contributed by atoms with E-state index in [0.717, 1.165) is 12.3 Å².